The maximum Gasteiger partial charge on any atom is 0.119 e. The fraction of sp³-hybridized carbons (Fsp3) is 0.800. The van der Waals surface area contributed by atoms with Crippen molar-refractivity contribution in [3.8, 4) is 0 Å². The molecule has 1 heterocycles. The van der Waals surface area contributed by atoms with Crippen molar-refractivity contribution in [1.29, 1.82) is 0 Å². The van der Waals surface area contributed by atoms with Crippen LogP contribution in [0.15, 0.2) is 5.10 Å². The van der Waals surface area contributed by atoms with Crippen LogP contribution in [0.25, 0.3) is 0 Å². The zero-order valence-corrected chi connectivity index (χ0v) is 5.15. The van der Waals surface area contributed by atoms with Gasteiger partial charge in [0.1, 0.15) is 12.2 Å². The van der Waals surface area contributed by atoms with Crippen LogP contribution in [0.2, 0.25) is 0 Å². The predicted molar refractivity (Wildman–Crippen MR) is 33.1 cm³/mol. The van der Waals surface area contributed by atoms with E-state index in [0.29, 0.717) is 0 Å². The lowest BCUT2D eigenvalue weighted by Gasteiger charge is -2.24. The molecule has 0 spiro atoms. The molecular formula is C5H10N2O2. The van der Waals surface area contributed by atoms with Crippen molar-refractivity contribution in [2.45, 2.75) is 25.2 Å². The molecule has 0 aromatic rings. The molecule has 0 amide bonds. The summed E-state index contributed by atoms with van der Waals surface area (Å²) in [5.41, 5.74) is 2.62. The van der Waals surface area contributed by atoms with Crippen LogP contribution < -0.4 is 5.43 Å². The first-order valence-electron chi connectivity index (χ1n) is 2.86. The Hall–Kier alpha value is -0.610. The maximum absolute atomic E-state index is 9.04. The first kappa shape index (κ1) is 6.51. The monoisotopic (exact) mass is 130 g/mol. The van der Waals surface area contributed by atoms with Crippen LogP contribution in [0.3, 0.4) is 0 Å². The van der Waals surface area contributed by atoms with Crippen molar-refractivity contribution in [3.05, 3.63) is 0 Å². The highest BCUT2D eigenvalue weighted by Crippen LogP contribution is 2.01. The van der Waals surface area contributed by atoms with Gasteiger partial charge in [0.25, 0.3) is 0 Å². The van der Waals surface area contributed by atoms with Crippen molar-refractivity contribution in [1.82, 2.24) is 5.43 Å². The molecule has 1 aliphatic heterocycles. The van der Waals surface area contributed by atoms with Crippen molar-refractivity contribution in [2.24, 2.45) is 5.10 Å². The zero-order chi connectivity index (χ0) is 6.85. The van der Waals surface area contributed by atoms with Crippen molar-refractivity contribution in [3.63, 3.8) is 0 Å². The number of nitrogens with zero attached hydrogens (tertiary/aromatic N) is 1. The molecule has 0 saturated heterocycles. The molecule has 4 heteroatoms. The van der Waals surface area contributed by atoms with Crippen LogP contribution in [0.5, 0.6) is 0 Å². The summed E-state index contributed by atoms with van der Waals surface area (Å²) in [7, 11) is 0. The van der Waals surface area contributed by atoms with Gasteiger partial charge < -0.3 is 15.6 Å². The minimum atomic E-state index is -0.818. The lowest BCUT2D eigenvalue weighted by Crippen LogP contribution is -2.47. The zero-order valence-electron chi connectivity index (χ0n) is 5.15. The Bertz CT molecular complexity index is 126. The largest absolute Gasteiger partial charge is 0.388 e. The van der Waals surface area contributed by atoms with Gasteiger partial charge in [-0.25, -0.2) is 0 Å². The number of nitrogens with one attached hydrogen (secondary N) is 1. The average Bonchev–Trinajstić information content (AvgIpc) is 1.83. The van der Waals surface area contributed by atoms with E-state index < -0.39 is 12.2 Å². The van der Waals surface area contributed by atoms with Gasteiger partial charge in [0.15, 0.2) is 0 Å². The molecular weight excluding hydrogens is 120 g/mol. The number of aliphatic hydroxyl groups is 2. The highest BCUT2D eigenvalue weighted by atomic mass is 16.3. The van der Waals surface area contributed by atoms with Gasteiger partial charge in [-0.1, -0.05) is 0 Å². The van der Waals surface area contributed by atoms with Crippen molar-refractivity contribution >= 4 is 6.21 Å². The third kappa shape index (κ3) is 1.20. The Morgan fingerprint density at radius 1 is 1.56 bits per heavy atom. The van der Waals surface area contributed by atoms with Crippen LogP contribution in [0, 0.1) is 0 Å². The number of hydrazone groups is 1. The fourth-order valence-corrected chi connectivity index (χ4v) is 0.697. The normalized spacial score (nSPS) is 42.3. The summed E-state index contributed by atoms with van der Waals surface area (Å²) in [6.07, 6.45) is -0.270. The molecule has 0 radical (unpaired) electrons. The smallest absolute Gasteiger partial charge is 0.119 e. The number of aliphatic hydroxyl groups excluding tert-OH is 2. The Morgan fingerprint density at radius 2 is 2.22 bits per heavy atom. The van der Waals surface area contributed by atoms with Crippen LogP contribution in [-0.4, -0.2) is 34.7 Å². The molecule has 0 saturated carbocycles. The Morgan fingerprint density at radius 3 is 2.67 bits per heavy atom. The average molecular weight is 130 g/mol. The molecule has 1 rings (SSSR count). The van der Waals surface area contributed by atoms with E-state index in [2.05, 4.69) is 10.5 Å². The quantitative estimate of drug-likeness (QED) is 0.381. The first-order valence-corrected chi connectivity index (χ1v) is 2.86. The molecule has 3 atom stereocenters. The lowest BCUT2D eigenvalue weighted by molar-refractivity contribution is 0.0323. The van der Waals surface area contributed by atoms with Gasteiger partial charge in [-0.15, -0.1) is 0 Å². The minimum Gasteiger partial charge on any atom is -0.388 e. The van der Waals surface area contributed by atoms with Crippen LogP contribution in [-0.2, 0) is 0 Å². The molecule has 4 nitrogen and oxygen atoms in total. The van der Waals surface area contributed by atoms with Crippen molar-refractivity contribution < 1.29 is 10.2 Å². The SMILES string of the molecule is CC1NN=CC(O)C1O. The van der Waals surface area contributed by atoms with Gasteiger partial charge in [0.05, 0.1) is 12.3 Å². The third-order valence-electron chi connectivity index (χ3n) is 1.37. The van der Waals surface area contributed by atoms with Gasteiger partial charge in [-0.3, -0.25) is 0 Å². The van der Waals surface area contributed by atoms with Crippen LogP contribution >= 0.6 is 0 Å². The summed E-state index contributed by atoms with van der Waals surface area (Å²) < 4.78 is 0. The molecule has 0 fully saturated rings. The van der Waals surface area contributed by atoms with E-state index in [9.17, 15) is 0 Å². The molecule has 9 heavy (non-hydrogen) atoms. The second kappa shape index (κ2) is 2.33. The van der Waals surface area contributed by atoms with Gasteiger partial charge in [0, 0.05) is 0 Å². The standard InChI is InChI=1S/C5H10N2O2/c1-3-5(9)4(8)2-6-7-3/h2-5,7-9H,1H3. The summed E-state index contributed by atoms with van der Waals surface area (Å²) >= 11 is 0. The van der Waals surface area contributed by atoms with E-state index in [-0.39, 0.29) is 6.04 Å². The Labute approximate surface area is 53.2 Å². The second-order valence-corrected chi connectivity index (χ2v) is 2.18. The summed E-state index contributed by atoms with van der Waals surface area (Å²) in [4.78, 5) is 0. The van der Waals surface area contributed by atoms with Crippen LogP contribution in [0.4, 0.5) is 0 Å². The summed E-state index contributed by atoms with van der Waals surface area (Å²) in [5, 5.41) is 21.6. The van der Waals surface area contributed by atoms with Gasteiger partial charge in [-0.2, -0.15) is 5.10 Å². The molecule has 3 N–H and O–H groups in total. The molecule has 52 valence electrons. The van der Waals surface area contributed by atoms with Gasteiger partial charge >= 0.3 is 0 Å². The van der Waals surface area contributed by atoms with E-state index in [4.69, 9.17) is 10.2 Å². The molecule has 0 aromatic carbocycles. The highest BCUT2D eigenvalue weighted by molar-refractivity contribution is 5.64. The molecule has 0 bridgehead atoms. The fourth-order valence-electron chi connectivity index (χ4n) is 0.697. The Balaban J connectivity index is 2.58. The number of hydrogen-bond acceptors (Lipinski definition) is 4. The lowest BCUT2D eigenvalue weighted by atomic mass is 10.1. The predicted octanol–water partition coefficient (Wildman–Crippen LogP) is -1.31. The Kier molecular flexibility index (Phi) is 1.68. The summed E-state index contributed by atoms with van der Waals surface area (Å²) in [6.45, 7) is 1.75. The number of rotatable bonds is 0. The van der Waals surface area contributed by atoms with E-state index in [1.165, 1.54) is 6.21 Å². The molecule has 0 aromatic heterocycles. The molecule has 0 aliphatic carbocycles. The highest BCUT2D eigenvalue weighted by Gasteiger charge is 2.23. The van der Waals surface area contributed by atoms with Crippen molar-refractivity contribution in [2.75, 3.05) is 0 Å². The summed E-state index contributed by atoms with van der Waals surface area (Å²) in [5.74, 6) is 0. The van der Waals surface area contributed by atoms with Gasteiger partial charge in [0.2, 0.25) is 0 Å². The van der Waals surface area contributed by atoms with Gasteiger partial charge in [-0.05, 0) is 6.92 Å². The first-order chi connectivity index (χ1) is 4.22. The number of hydrogen-bond donors (Lipinski definition) is 3. The summed E-state index contributed by atoms with van der Waals surface area (Å²) in [6, 6.07) is -0.162. The maximum atomic E-state index is 9.04. The molecule has 1 aliphatic rings. The molecule has 3 unspecified atom stereocenters. The van der Waals surface area contributed by atoms with E-state index in [1.807, 2.05) is 0 Å². The van der Waals surface area contributed by atoms with E-state index in [1.54, 1.807) is 6.92 Å². The third-order valence-corrected chi connectivity index (χ3v) is 1.37. The van der Waals surface area contributed by atoms with E-state index >= 15 is 0 Å². The van der Waals surface area contributed by atoms with E-state index in [0.717, 1.165) is 0 Å². The van der Waals surface area contributed by atoms with Crippen LogP contribution in [0.1, 0.15) is 6.92 Å². The second-order valence-electron chi connectivity index (χ2n) is 2.18. The topological polar surface area (TPSA) is 64.9 Å². The minimum absolute atomic E-state index is 0.162.